The van der Waals surface area contributed by atoms with Crippen LogP contribution in [0.4, 0.5) is 4.39 Å². The number of benzene rings is 1. The van der Waals surface area contributed by atoms with Crippen molar-refractivity contribution in [2.24, 2.45) is 0 Å². The molecule has 1 heterocycles. The van der Waals surface area contributed by atoms with Crippen LogP contribution in [0.3, 0.4) is 0 Å². The van der Waals surface area contributed by atoms with E-state index in [2.05, 4.69) is 4.98 Å². The Hall–Kier alpha value is -1.64. The molecule has 0 aliphatic carbocycles. The van der Waals surface area contributed by atoms with Crippen LogP contribution in [-0.2, 0) is 0 Å². The van der Waals surface area contributed by atoms with E-state index in [1.165, 1.54) is 6.07 Å². The monoisotopic (exact) mass is 219 g/mol. The third-order valence-electron chi connectivity index (χ3n) is 2.79. The van der Waals surface area contributed by atoms with E-state index in [1.807, 2.05) is 20.8 Å². The van der Waals surface area contributed by atoms with Crippen LogP contribution in [0.5, 0.6) is 0 Å². The van der Waals surface area contributed by atoms with Gasteiger partial charge in [-0.3, -0.25) is 4.79 Å². The molecule has 0 aliphatic rings. The van der Waals surface area contributed by atoms with Gasteiger partial charge in [-0.05, 0) is 24.5 Å². The molecule has 2 aromatic rings. The van der Waals surface area contributed by atoms with Crippen LogP contribution in [0.15, 0.2) is 23.0 Å². The van der Waals surface area contributed by atoms with E-state index in [0.717, 1.165) is 11.3 Å². The molecular weight excluding hydrogens is 205 g/mol. The summed E-state index contributed by atoms with van der Waals surface area (Å²) in [5.74, 6) is -0.197. The van der Waals surface area contributed by atoms with Gasteiger partial charge in [0.05, 0.1) is 10.9 Å². The second-order valence-electron chi connectivity index (χ2n) is 4.36. The lowest BCUT2D eigenvalue weighted by atomic mass is 10.0. The Labute approximate surface area is 93.1 Å². The summed E-state index contributed by atoms with van der Waals surface area (Å²) in [6.45, 7) is 5.74. The molecular formula is C13H14FNO. The molecule has 0 saturated carbocycles. The maximum atomic E-state index is 13.6. The normalized spacial score (nSPS) is 11.3. The summed E-state index contributed by atoms with van der Waals surface area (Å²) in [4.78, 5) is 14.9. The van der Waals surface area contributed by atoms with Crippen molar-refractivity contribution in [2.45, 2.75) is 26.7 Å². The molecule has 0 spiro atoms. The zero-order valence-electron chi connectivity index (χ0n) is 9.60. The Balaban J connectivity index is 2.92. The predicted molar refractivity (Wildman–Crippen MR) is 63.4 cm³/mol. The maximum Gasteiger partial charge on any atom is 0.190 e. The number of aromatic nitrogens is 1. The molecule has 2 rings (SSSR count). The fourth-order valence-electron chi connectivity index (χ4n) is 1.83. The van der Waals surface area contributed by atoms with Crippen LogP contribution in [-0.4, -0.2) is 4.98 Å². The van der Waals surface area contributed by atoms with Gasteiger partial charge in [0, 0.05) is 11.8 Å². The lowest BCUT2D eigenvalue weighted by Crippen LogP contribution is -2.08. The molecule has 1 N–H and O–H groups in total. The lowest BCUT2D eigenvalue weighted by Gasteiger charge is -2.09. The van der Waals surface area contributed by atoms with Crippen molar-refractivity contribution in [1.82, 2.24) is 4.98 Å². The molecule has 0 fully saturated rings. The number of fused-ring (bicyclic) bond motifs is 1. The van der Waals surface area contributed by atoms with Gasteiger partial charge in [-0.25, -0.2) is 4.39 Å². The second kappa shape index (κ2) is 3.74. The molecule has 0 unspecified atom stereocenters. The van der Waals surface area contributed by atoms with Crippen molar-refractivity contribution in [3.05, 3.63) is 45.5 Å². The molecule has 3 heteroatoms. The van der Waals surface area contributed by atoms with E-state index in [4.69, 9.17) is 0 Å². The summed E-state index contributed by atoms with van der Waals surface area (Å²) in [5, 5.41) is 0.449. The highest BCUT2D eigenvalue weighted by atomic mass is 19.1. The van der Waals surface area contributed by atoms with Crippen molar-refractivity contribution in [2.75, 3.05) is 0 Å². The molecule has 84 valence electrons. The zero-order chi connectivity index (χ0) is 11.9. The van der Waals surface area contributed by atoms with Crippen LogP contribution in [0.2, 0.25) is 0 Å². The van der Waals surface area contributed by atoms with E-state index in [1.54, 1.807) is 12.1 Å². The first kappa shape index (κ1) is 10.9. The first-order chi connectivity index (χ1) is 7.50. The predicted octanol–water partition coefficient (Wildman–Crippen LogP) is 3.10. The van der Waals surface area contributed by atoms with Gasteiger partial charge in [-0.15, -0.1) is 0 Å². The summed E-state index contributed by atoms with van der Waals surface area (Å²) in [7, 11) is 0. The quantitative estimate of drug-likeness (QED) is 0.785. The summed E-state index contributed by atoms with van der Waals surface area (Å²) in [6.07, 6.45) is 0. The number of aryl methyl sites for hydroxylation is 1. The molecule has 1 aromatic carbocycles. The third-order valence-corrected chi connectivity index (χ3v) is 2.79. The second-order valence-corrected chi connectivity index (χ2v) is 4.36. The van der Waals surface area contributed by atoms with Crippen molar-refractivity contribution in [3.8, 4) is 0 Å². The number of hydrogen-bond donors (Lipinski definition) is 1. The molecule has 0 amide bonds. The van der Waals surface area contributed by atoms with E-state index in [9.17, 15) is 9.18 Å². The highest BCUT2D eigenvalue weighted by Crippen LogP contribution is 2.19. The van der Waals surface area contributed by atoms with Crippen LogP contribution in [0, 0.1) is 12.7 Å². The Kier molecular flexibility index (Phi) is 2.54. The van der Waals surface area contributed by atoms with Gasteiger partial charge in [0.15, 0.2) is 5.43 Å². The Morgan fingerprint density at radius 1 is 1.31 bits per heavy atom. The third kappa shape index (κ3) is 1.62. The van der Waals surface area contributed by atoms with Gasteiger partial charge >= 0.3 is 0 Å². The summed E-state index contributed by atoms with van der Waals surface area (Å²) in [6, 6.07) is 4.57. The Morgan fingerprint density at radius 3 is 2.62 bits per heavy atom. The number of pyridine rings is 1. The largest absolute Gasteiger partial charge is 0.356 e. The minimum Gasteiger partial charge on any atom is -0.356 e. The Bertz CT molecular complexity index is 599. The van der Waals surface area contributed by atoms with Crippen molar-refractivity contribution in [1.29, 1.82) is 0 Å². The topological polar surface area (TPSA) is 32.9 Å². The SMILES string of the molecule is Cc1ccc(F)c2[nH]c(C(C)C)cc(=O)c12. The summed E-state index contributed by atoms with van der Waals surface area (Å²) < 4.78 is 13.6. The van der Waals surface area contributed by atoms with Gasteiger partial charge < -0.3 is 4.98 Å². The van der Waals surface area contributed by atoms with Gasteiger partial charge in [0.2, 0.25) is 0 Å². The van der Waals surface area contributed by atoms with Crippen LogP contribution in [0.1, 0.15) is 31.0 Å². The van der Waals surface area contributed by atoms with Crippen LogP contribution < -0.4 is 5.43 Å². The highest BCUT2D eigenvalue weighted by Gasteiger charge is 2.10. The Morgan fingerprint density at radius 2 is 2.00 bits per heavy atom. The number of nitrogens with one attached hydrogen (secondary N) is 1. The molecule has 0 radical (unpaired) electrons. The van der Waals surface area contributed by atoms with Crippen molar-refractivity contribution >= 4 is 10.9 Å². The number of rotatable bonds is 1. The number of hydrogen-bond acceptors (Lipinski definition) is 1. The fourth-order valence-corrected chi connectivity index (χ4v) is 1.83. The van der Waals surface area contributed by atoms with E-state index in [0.29, 0.717) is 10.9 Å². The van der Waals surface area contributed by atoms with Gasteiger partial charge in [0.1, 0.15) is 5.82 Å². The first-order valence-corrected chi connectivity index (χ1v) is 5.32. The molecule has 2 nitrogen and oxygen atoms in total. The molecule has 0 saturated heterocycles. The first-order valence-electron chi connectivity index (χ1n) is 5.32. The molecule has 0 atom stereocenters. The highest BCUT2D eigenvalue weighted by molar-refractivity contribution is 5.82. The minimum atomic E-state index is -0.375. The number of halogens is 1. The smallest absolute Gasteiger partial charge is 0.190 e. The van der Waals surface area contributed by atoms with Gasteiger partial charge in [-0.2, -0.15) is 0 Å². The van der Waals surface area contributed by atoms with Crippen molar-refractivity contribution < 1.29 is 4.39 Å². The number of H-pyrrole nitrogens is 1. The van der Waals surface area contributed by atoms with Gasteiger partial charge in [0.25, 0.3) is 0 Å². The standard InChI is InChI=1S/C13H14FNO/c1-7(2)10-6-11(16)12-8(3)4-5-9(14)13(12)15-10/h4-7H,1-3H3,(H,15,16). The summed E-state index contributed by atoms with van der Waals surface area (Å²) in [5.41, 5.74) is 1.76. The number of aromatic amines is 1. The van der Waals surface area contributed by atoms with Crippen LogP contribution in [0.25, 0.3) is 10.9 Å². The molecule has 16 heavy (non-hydrogen) atoms. The zero-order valence-corrected chi connectivity index (χ0v) is 9.60. The molecule has 0 bridgehead atoms. The van der Waals surface area contributed by atoms with Crippen molar-refractivity contribution in [3.63, 3.8) is 0 Å². The van der Waals surface area contributed by atoms with E-state index >= 15 is 0 Å². The molecule has 1 aromatic heterocycles. The summed E-state index contributed by atoms with van der Waals surface area (Å²) >= 11 is 0. The average Bonchev–Trinajstić information content (AvgIpc) is 2.22. The van der Waals surface area contributed by atoms with Crippen LogP contribution >= 0.6 is 0 Å². The van der Waals surface area contributed by atoms with Gasteiger partial charge in [-0.1, -0.05) is 19.9 Å². The fraction of sp³-hybridized carbons (Fsp3) is 0.308. The van der Waals surface area contributed by atoms with E-state index < -0.39 is 0 Å². The maximum absolute atomic E-state index is 13.6. The average molecular weight is 219 g/mol. The molecule has 0 aliphatic heterocycles. The lowest BCUT2D eigenvalue weighted by molar-refractivity contribution is 0.635. The van der Waals surface area contributed by atoms with E-state index in [-0.39, 0.29) is 17.2 Å². The minimum absolute atomic E-state index is 0.116.